The average Bonchev–Trinajstić information content (AvgIpc) is 3.15. The van der Waals surface area contributed by atoms with Crippen LogP contribution in [0, 0.1) is 17.8 Å². The van der Waals surface area contributed by atoms with Crippen molar-refractivity contribution < 1.29 is 22.8 Å². The average molecular weight is 468 g/mol. The van der Waals surface area contributed by atoms with E-state index >= 15 is 0 Å². The maximum atomic E-state index is 13.2. The van der Waals surface area contributed by atoms with Crippen LogP contribution < -0.4 is 10.0 Å². The Balaban J connectivity index is 1.84. The summed E-state index contributed by atoms with van der Waals surface area (Å²) in [5.74, 6) is -0.773. The maximum Gasteiger partial charge on any atom is 0.259 e. The highest BCUT2D eigenvalue weighted by Crippen LogP contribution is 2.45. The number of carbonyl (C=O) groups excluding carboxylic acids is 3. The Bertz CT molecular complexity index is 871. The molecule has 1 saturated heterocycles. The van der Waals surface area contributed by atoms with Gasteiger partial charge in [-0.1, -0.05) is 32.9 Å². The molecule has 1 aliphatic carbocycles. The third-order valence-electron chi connectivity index (χ3n) is 6.89. The Morgan fingerprint density at radius 3 is 2.72 bits per heavy atom. The van der Waals surface area contributed by atoms with Crippen LogP contribution in [0.15, 0.2) is 12.2 Å². The summed E-state index contributed by atoms with van der Waals surface area (Å²) in [5.41, 5.74) is -1.27. The van der Waals surface area contributed by atoms with Crippen molar-refractivity contribution in [3.63, 3.8) is 0 Å². The van der Waals surface area contributed by atoms with Crippen molar-refractivity contribution in [2.75, 3.05) is 12.3 Å². The summed E-state index contributed by atoms with van der Waals surface area (Å²) >= 11 is 0. The minimum atomic E-state index is -3.75. The second-order valence-corrected chi connectivity index (χ2v) is 11.8. The molecule has 8 nitrogen and oxygen atoms in total. The van der Waals surface area contributed by atoms with Crippen LogP contribution in [0.4, 0.5) is 0 Å². The molecule has 0 aromatic rings. The molecule has 5 atom stereocenters. The highest BCUT2D eigenvalue weighted by molar-refractivity contribution is 7.90. The molecule has 1 saturated carbocycles. The molecule has 0 aromatic heterocycles. The fourth-order valence-corrected chi connectivity index (χ4v) is 6.22. The van der Waals surface area contributed by atoms with Crippen molar-refractivity contribution in [1.82, 2.24) is 14.9 Å². The molecule has 180 valence electrons. The monoisotopic (exact) mass is 467 g/mol. The van der Waals surface area contributed by atoms with Crippen molar-refractivity contribution in [3.05, 3.63) is 12.2 Å². The largest absolute Gasteiger partial charge is 0.339 e. The van der Waals surface area contributed by atoms with Gasteiger partial charge in [0.15, 0.2) is 0 Å². The molecule has 0 aromatic carbocycles. The van der Waals surface area contributed by atoms with Gasteiger partial charge in [0.2, 0.25) is 21.8 Å². The lowest BCUT2D eigenvalue weighted by atomic mass is 9.91. The third-order valence-corrected chi connectivity index (χ3v) is 8.33. The van der Waals surface area contributed by atoms with E-state index in [-0.39, 0.29) is 29.4 Å². The van der Waals surface area contributed by atoms with Gasteiger partial charge in [-0.3, -0.25) is 19.1 Å². The van der Waals surface area contributed by atoms with Crippen molar-refractivity contribution in [3.8, 4) is 0 Å². The first kappa shape index (κ1) is 24.7. The predicted molar refractivity (Wildman–Crippen MR) is 122 cm³/mol. The van der Waals surface area contributed by atoms with Gasteiger partial charge in [-0.25, -0.2) is 8.42 Å². The normalized spacial score (nSPS) is 35.0. The second-order valence-electron chi connectivity index (χ2n) is 9.92. The smallest absolute Gasteiger partial charge is 0.259 e. The van der Waals surface area contributed by atoms with Gasteiger partial charge in [0.05, 0.1) is 5.75 Å². The van der Waals surface area contributed by atoms with E-state index in [1.807, 2.05) is 12.2 Å². The highest BCUT2D eigenvalue weighted by atomic mass is 32.2. The SMILES string of the molecule is CCCS(=O)(=O)NC(=O)C12CC1/C=C\CCC(C)CC(C)CC(=O)N1CCCC1C(=O)N2. The van der Waals surface area contributed by atoms with Crippen LogP contribution in [0.25, 0.3) is 0 Å². The number of amides is 3. The molecule has 2 N–H and O–H groups in total. The zero-order valence-electron chi connectivity index (χ0n) is 19.4. The Labute approximate surface area is 191 Å². The molecule has 2 heterocycles. The zero-order valence-corrected chi connectivity index (χ0v) is 20.2. The van der Waals surface area contributed by atoms with E-state index in [1.54, 1.807) is 11.8 Å². The second kappa shape index (κ2) is 9.93. The highest BCUT2D eigenvalue weighted by Gasteiger charge is 2.61. The summed E-state index contributed by atoms with van der Waals surface area (Å²) in [7, 11) is -3.75. The van der Waals surface area contributed by atoms with Gasteiger partial charge in [0, 0.05) is 18.9 Å². The molecule has 9 heteroatoms. The van der Waals surface area contributed by atoms with Gasteiger partial charge in [-0.15, -0.1) is 0 Å². The summed E-state index contributed by atoms with van der Waals surface area (Å²) < 4.78 is 26.6. The van der Waals surface area contributed by atoms with E-state index in [0.29, 0.717) is 38.1 Å². The van der Waals surface area contributed by atoms with Gasteiger partial charge < -0.3 is 10.2 Å². The lowest BCUT2D eigenvalue weighted by Gasteiger charge is -2.28. The molecule has 0 spiro atoms. The quantitative estimate of drug-likeness (QED) is 0.615. The van der Waals surface area contributed by atoms with Gasteiger partial charge in [0.25, 0.3) is 5.91 Å². The first-order chi connectivity index (χ1) is 15.1. The van der Waals surface area contributed by atoms with Crippen molar-refractivity contribution in [1.29, 1.82) is 0 Å². The molecule has 3 rings (SSSR count). The molecule has 2 fully saturated rings. The van der Waals surface area contributed by atoms with E-state index < -0.39 is 27.5 Å². The molecule has 2 aliphatic heterocycles. The van der Waals surface area contributed by atoms with E-state index in [0.717, 1.165) is 25.7 Å². The first-order valence-electron chi connectivity index (χ1n) is 11.9. The summed E-state index contributed by atoms with van der Waals surface area (Å²) in [6, 6.07) is -0.612. The van der Waals surface area contributed by atoms with Crippen LogP contribution >= 0.6 is 0 Å². The topological polar surface area (TPSA) is 113 Å². The lowest BCUT2D eigenvalue weighted by molar-refractivity contribution is -0.140. The van der Waals surface area contributed by atoms with E-state index in [2.05, 4.69) is 23.9 Å². The number of hydrogen-bond acceptors (Lipinski definition) is 5. The standard InChI is InChI=1S/C23H37N3O5S/c1-4-12-32(30,31)25-22(29)23-15-18(23)9-6-5-8-16(2)13-17(3)14-20(27)26-11-7-10-19(26)21(28)24-23/h6,9,16-19H,4-5,7-8,10-15H2,1-3H3,(H,24,28)(H,25,29)/b9-6-. The molecule has 32 heavy (non-hydrogen) atoms. The Morgan fingerprint density at radius 2 is 2.00 bits per heavy atom. The van der Waals surface area contributed by atoms with E-state index in [4.69, 9.17) is 0 Å². The van der Waals surface area contributed by atoms with E-state index in [9.17, 15) is 22.8 Å². The first-order valence-corrected chi connectivity index (χ1v) is 13.6. The number of allylic oxidation sites excluding steroid dienone is 1. The van der Waals surface area contributed by atoms with Crippen LogP contribution in [0.1, 0.15) is 72.1 Å². The number of rotatable bonds is 4. The van der Waals surface area contributed by atoms with Crippen molar-refractivity contribution in [2.24, 2.45) is 17.8 Å². The fraction of sp³-hybridized carbons (Fsp3) is 0.783. The number of hydrogen-bond donors (Lipinski definition) is 2. The van der Waals surface area contributed by atoms with Crippen molar-refractivity contribution in [2.45, 2.75) is 83.7 Å². The number of fused-ring (bicyclic) bond motifs is 2. The molecule has 3 amide bonds. The summed E-state index contributed by atoms with van der Waals surface area (Å²) in [5, 5.41) is 2.85. The molecule has 0 radical (unpaired) electrons. The number of nitrogens with zero attached hydrogens (tertiary/aromatic N) is 1. The maximum absolute atomic E-state index is 13.2. The number of nitrogens with one attached hydrogen (secondary N) is 2. The molecule has 5 unspecified atom stereocenters. The Morgan fingerprint density at radius 1 is 1.25 bits per heavy atom. The summed E-state index contributed by atoms with van der Waals surface area (Å²) in [6.45, 7) is 6.53. The third kappa shape index (κ3) is 5.71. The zero-order chi connectivity index (χ0) is 23.5. The van der Waals surface area contributed by atoms with Gasteiger partial charge in [-0.2, -0.15) is 0 Å². The minimum absolute atomic E-state index is 0.0216. The predicted octanol–water partition coefficient (Wildman–Crippen LogP) is 2.11. The molecule has 3 aliphatic rings. The minimum Gasteiger partial charge on any atom is -0.339 e. The van der Waals surface area contributed by atoms with Crippen LogP contribution in [0.5, 0.6) is 0 Å². The Hall–Kier alpha value is -1.90. The summed E-state index contributed by atoms with van der Waals surface area (Å²) in [6.07, 6.45) is 9.17. The van der Waals surface area contributed by atoms with Gasteiger partial charge >= 0.3 is 0 Å². The Kier molecular flexibility index (Phi) is 7.68. The molecule has 0 bridgehead atoms. The lowest BCUT2D eigenvalue weighted by Crippen LogP contribution is -2.56. The van der Waals surface area contributed by atoms with Crippen LogP contribution in [-0.4, -0.2) is 54.9 Å². The fourth-order valence-electron chi connectivity index (χ4n) is 5.12. The van der Waals surface area contributed by atoms with Crippen molar-refractivity contribution >= 4 is 27.7 Å². The molecular formula is C23H37N3O5S. The number of carbonyl (C=O) groups is 3. The summed E-state index contributed by atoms with van der Waals surface area (Å²) in [4.78, 5) is 40.8. The van der Waals surface area contributed by atoms with Gasteiger partial charge in [-0.05, 0) is 56.8 Å². The molecular weight excluding hydrogens is 430 g/mol. The van der Waals surface area contributed by atoms with Crippen LogP contribution in [-0.2, 0) is 24.4 Å². The van der Waals surface area contributed by atoms with Crippen LogP contribution in [0.2, 0.25) is 0 Å². The van der Waals surface area contributed by atoms with Gasteiger partial charge in [0.1, 0.15) is 11.6 Å². The van der Waals surface area contributed by atoms with Crippen LogP contribution in [0.3, 0.4) is 0 Å². The van der Waals surface area contributed by atoms with E-state index in [1.165, 1.54) is 0 Å². The number of sulfonamides is 1.